The molecular weight excluding hydrogens is 178 g/mol. The van der Waals surface area contributed by atoms with Crippen molar-refractivity contribution in [3.8, 4) is 5.75 Å². The molecule has 1 unspecified atom stereocenters. The van der Waals surface area contributed by atoms with Gasteiger partial charge in [-0.1, -0.05) is 18.2 Å². The van der Waals surface area contributed by atoms with Gasteiger partial charge in [-0.25, -0.2) is 0 Å². The van der Waals surface area contributed by atoms with E-state index in [-0.39, 0.29) is 0 Å². The van der Waals surface area contributed by atoms with Crippen LogP contribution in [0, 0.1) is 0 Å². The van der Waals surface area contributed by atoms with Crippen molar-refractivity contribution in [2.24, 2.45) is 0 Å². The number of para-hydroxylation sites is 1. The first-order valence-corrected chi connectivity index (χ1v) is 5.20. The maximum Gasteiger partial charge on any atom is 0.263 e. The molecule has 0 aliphatic heterocycles. The zero-order valence-corrected chi connectivity index (χ0v) is 7.43. The number of hydrogen-bond donors (Lipinski definition) is 1. The lowest BCUT2D eigenvalue weighted by Crippen LogP contribution is -1.83. The molecule has 0 saturated carbocycles. The highest BCUT2D eigenvalue weighted by Crippen LogP contribution is 2.28. The summed E-state index contributed by atoms with van der Waals surface area (Å²) in [6, 6.07) is 9.71. The molecule has 5 heteroatoms. The van der Waals surface area contributed by atoms with Gasteiger partial charge < -0.3 is 4.52 Å². The van der Waals surface area contributed by atoms with E-state index >= 15 is 0 Å². The number of H-pyrrole nitrogens is 1. The van der Waals surface area contributed by atoms with E-state index in [9.17, 15) is 0 Å². The van der Waals surface area contributed by atoms with E-state index in [1.54, 1.807) is 0 Å². The molecule has 11 heavy (non-hydrogen) atoms. The van der Waals surface area contributed by atoms with E-state index in [0.717, 1.165) is 14.3 Å². The van der Waals surface area contributed by atoms with Crippen LogP contribution in [0.15, 0.2) is 30.3 Å². The Labute approximate surface area is 66.9 Å². The minimum atomic E-state index is -0.711. The number of nitrogens with zero attached hydrogens (tertiary/aromatic N) is 1. The predicted molar refractivity (Wildman–Crippen MR) is 46.3 cm³/mol. The van der Waals surface area contributed by atoms with Gasteiger partial charge in [0.1, 0.15) is 14.3 Å². The van der Waals surface area contributed by atoms with Crippen molar-refractivity contribution in [3.63, 3.8) is 0 Å². The fourth-order valence-corrected chi connectivity index (χ4v) is 1.98. The molecular formula is C6H6N2OP2. The average Bonchev–Trinajstić information content (AvgIpc) is 1.99. The van der Waals surface area contributed by atoms with Gasteiger partial charge >= 0.3 is 0 Å². The Balaban J connectivity index is 2.11. The lowest BCUT2D eigenvalue weighted by Gasteiger charge is -2.03. The van der Waals surface area contributed by atoms with Crippen molar-refractivity contribution in [2.45, 2.75) is 0 Å². The maximum atomic E-state index is 5.43. The monoisotopic (exact) mass is 184 g/mol. The summed E-state index contributed by atoms with van der Waals surface area (Å²) in [5, 5.41) is 0. The Bertz CT molecular complexity index is 307. The van der Waals surface area contributed by atoms with Gasteiger partial charge in [-0.15, -0.1) is 4.51 Å². The summed E-state index contributed by atoms with van der Waals surface area (Å²) >= 11 is 0. The second-order valence-electron chi connectivity index (χ2n) is 1.97. The van der Waals surface area contributed by atoms with Crippen molar-refractivity contribution >= 4 is 16.6 Å². The molecule has 0 fully saturated rings. The van der Waals surface area contributed by atoms with Crippen LogP contribution in [-0.4, -0.2) is 9.02 Å². The van der Waals surface area contributed by atoms with Crippen LogP contribution in [0.4, 0.5) is 0 Å². The van der Waals surface area contributed by atoms with Gasteiger partial charge in [0.2, 0.25) is 0 Å². The van der Waals surface area contributed by atoms with Gasteiger partial charge in [-0.2, -0.15) is 0 Å². The number of nitrogens with one attached hydrogen (secondary N) is 1. The molecule has 0 saturated heterocycles. The van der Waals surface area contributed by atoms with Crippen molar-refractivity contribution in [3.05, 3.63) is 30.3 Å². The van der Waals surface area contributed by atoms with Crippen molar-refractivity contribution < 1.29 is 4.52 Å². The normalized spacial score (nSPS) is 12.2. The maximum absolute atomic E-state index is 5.43. The van der Waals surface area contributed by atoms with E-state index in [2.05, 4.69) is 9.02 Å². The molecule has 1 aromatic carbocycles. The van der Waals surface area contributed by atoms with Crippen LogP contribution in [0.3, 0.4) is 0 Å². The zero-order chi connectivity index (χ0) is 7.52. The highest BCUT2D eigenvalue weighted by molar-refractivity contribution is 7.52. The first kappa shape index (κ1) is 6.90. The molecule has 1 N–H and O–H groups in total. The summed E-state index contributed by atoms with van der Waals surface area (Å²) in [6.45, 7) is 0. The van der Waals surface area contributed by atoms with Gasteiger partial charge in [0, 0.05) is 0 Å². The Kier molecular flexibility index (Phi) is 1.93. The third kappa shape index (κ3) is 1.62. The van der Waals surface area contributed by atoms with Crippen molar-refractivity contribution in [2.75, 3.05) is 0 Å². The van der Waals surface area contributed by atoms with E-state index in [0.29, 0.717) is 0 Å². The van der Waals surface area contributed by atoms with Crippen LogP contribution < -0.4 is 4.52 Å². The van der Waals surface area contributed by atoms with Gasteiger partial charge in [-0.3, -0.25) is 4.51 Å². The molecule has 0 amide bonds. The van der Waals surface area contributed by atoms with E-state index in [4.69, 9.17) is 4.52 Å². The minimum Gasteiger partial charge on any atom is -0.416 e. The Morgan fingerprint density at radius 2 is 2.09 bits per heavy atom. The lowest BCUT2D eigenvalue weighted by atomic mass is 10.3. The first-order valence-electron chi connectivity index (χ1n) is 3.14. The van der Waals surface area contributed by atoms with Gasteiger partial charge in [0.25, 0.3) is 8.08 Å². The second-order valence-corrected chi connectivity index (χ2v) is 4.41. The summed E-state index contributed by atoms with van der Waals surface area (Å²) in [5.74, 6) is 0.879. The molecule has 1 atom stereocenters. The van der Waals surface area contributed by atoms with Crippen molar-refractivity contribution in [1.82, 2.24) is 9.02 Å². The predicted octanol–water partition coefficient (Wildman–Crippen LogP) is 2.82. The Morgan fingerprint density at radius 1 is 1.36 bits per heavy atom. The van der Waals surface area contributed by atoms with Gasteiger partial charge in [0.15, 0.2) is 0 Å². The molecule has 2 aromatic rings. The summed E-state index contributed by atoms with van der Waals surface area (Å²) in [5.41, 5.74) is 0. The highest BCUT2D eigenvalue weighted by Gasteiger charge is 1.97. The number of aromatic amines is 1. The van der Waals surface area contributed by atoms with E-state index < -0.39 is 8.08 Å². The molecule has 0 radical (unpaired) electrons. The van der Waals surface area contributed by atoms with Crippen LogP contribution in [-0.2, 0) is 0 Å². The summed E-state index contributed by atoms with van der Waals surface area (Å²) in [4.78, 5) is 0. The molecule has 0 bridgehead atoms. The zero-order valence-electron chi connectivity index (χ0n) is 5.64. The molecule has 1 aromatic heterocycles. The van der Waals surface area contributed by atoms with Crippen LogP contribution in [0.5, 0.6) is 5.75 Å². The average molecular weight is 184 g/mol. The third-order valence-electron chi connectivity index (χ3n) is 1.19. The van der Waals surface area contributed by atoms with Crippen molar-refractivity contribution in [1.29, 1.82) is 0 Å². The van der Waals surface area contributed by atoms with Crippen LogP contribution in [0.25, 0.3) is 0 Å². The number of aromatic nitrogens is 2. The largest absolute Gasteiger partial charge is 0.416 e. The molecule has 56 valence electrons. The van der Waals surface area contributed by atoms with E-state index in [1.165, 1.54) is 0 Å². The minimum absolute atomic E-state index is 0.711. The fourth-order valence-electron chi connectivity index (χ4n) is 0.701. The molecule has 2 rings (SSSR count). The summed E-state index contributed by atoms with van der Waals surface area (Å²) < 4.78 is 12.5. The van der Waals surface area contributed by atoms with Crippen LogP contribution in [0.1, 0.15) is 0 Å². The Hall–Kier alpha value is -0.780. The number of rotatable bonds is 2. The lowest BCUT2D eigenvalue weighted by molar-refractivity contribution is 0.622. The standard InChI is InChI=1S/C6H6N2OP2/c1-2-4-6(5-3-1)9-11-7-10-8-11/h1-5H,(H,7,8). The molecule has 3 nitrogen and oxygen atoms in total. The number of hydrogen-bond acceptors (Lipinski definition) is 2. The fraction of sp³-hybridized carbons (Fsp3) is 0. The first-order chi connectivity index (χ1) is 5.45. The third-order valence-corrected chi connectivity index (χ3v) is 3.62. The van der Waals surface area contributed by atoms with Crippen LogP contribution >= 0.6 is 16.6 Å². The molecule has 1 heterocycles. The topological polar surface area (TPSA) is 37.9 Å². The quantitative estimate of drug-likeness (QED) is 0.779. The van der Waals surface area contributed by atoms with Gasteiger partial charge in [0.05, 0.1) is 0 Å². The van der Waals surface area contributed by atoms with Crippen LogP contribution in [0.2, 0.25) is 0 Å². The summed E-state index contributed by atoms with van der Waals surface area (Å²) in [7, 11) is 0.226. The second kappa shape index (κ2) is 3.08. The number of benzene rings is 1. The molecule has 0 aliphatic carbocycles. The van der Waals surface area contributed by atoms with Gasteiger partial charge in [-0.05, 0) is 12.1 Å². The highest BCUT2D eigenvalue weighted by atomic mass is 31.2. The smallest absolute Gasteiger partial charge is 0.263 e. The Morgan fingerprint density at radius 3 is 2.64 bits per heavy atom. The molecule has 0 aliphatic rings. The summed E-state index contributed by atoms with van der Waals surface area (Å²) in [6.07, 6.45) is 0. The van der Waals surface area contributed by atoms with E-state index in [1.807, 2.05) is 30.3 Å². The molecule has 0 spiro atoms. The SMILES string of the molecule is c1ccc(Op2np[nH]2)cc1.